The molecular formula is C12H19NO2. The molecule has 0 saturated carbocycles. The first-order valence-electron chi connectivity index (χ1n) is 6.10. The van der Waals surface area contributed by atoms with Gasteiger partial charge in [0.05, 0.1) is 6.61 Å². The van der Waals surface area contributed by atoms with Gasteiger partial charge in [0.2, 0.25) is 0 Å². The highest BCUT2D eigenvalue weighted by atomic mass is 16.5. The van der Waals surface area contributed by atoms with Gasteiger partial charge in [-0.3, -0.25) is 4.90 Å². The minimum absolute atomic E-state index is 0.315. The van der Waals surface area contributed by atoms with E-state index >= 15 is 0 Å². The van der Waals surface area contributed by atoms with Crippen LogP contribution in [0.4, 0.5) is 0 Å². The van der Waals surface area contributed by atoms with Gasteiger partial charge in [0.25, 0.3) is 0 Å². The van der Waals surface area contributed by atoms with Crippen molar-refractivity contribution < 1.29 is 9.84 Å². The van der Waals surface area contributed by atoms with Crippen LogP contribution in [-0.2, 0) is 4.74 Å². The van der Waals surface area contributed by atoms with Gasteiger partial charge in [0.15, 0.2) is 0 Å². The van der Waals surface area contributed by atoms with Crippen LogP contribution < -0.4 is 0 Å². The van der Waals surface area contributed by atoms with Crippen LogP contribution in [0.3, 0.4) is 0 Å². The van der Waals surface area contributed by atoms with Gasteiger partial charge < -0.3 is 9.84 Å². The van der Waals surface area contributed by atoms with Crippen molar-refractivity contribution in [2.45, 2.75) is 43.7 Å². The summed E-state index contributed by atoms with van der Waals surface area (Å²) in [6.45, 7) is 2.94. The van der Waals surface area contributed by atoms with Gasteiger partial charge in [-0.25, -0.2) is 0 Å². The molecule has 2 saturated heterocycles. The third-order valence-corrected chi connectivity index (χ3v) is 4.08. The molecule has 0 bridgehead atoms. The van der Waals surface area contributed by atoms with Gasteiger partial charge in [-0.2, -0.15) is 0 Å². The maximum atomic E-state index is 10.8. The van der Waals surface area contributed by atoms with Crippen LogP contribution >= 0.6 is 0 Å². The molecule has 2 fully saturated rings. The molecule has 3 aliphatic rings. The van der Waals surface area contributed by atoms with Crippen molar-refractivity contribution in [2.75, 3.05) is 19.7 Å². The number of hydrogen-bond donors (Lipinski definition) is 1. The fraction of sp³-hybridized carbons (Fsp3) is 0.833. The van der Waals surface area contributed by atoms with Gasteiger partial charge in [0.1, 0.15) is 11.4 Å². The summed E-state index contributed by atoms with van der Waals surface area (Å²) >= 11 is 0. The maximum Gasteiger partial charge on any atom is 0.138 e. The van der Waals surface area contributed by atoms with Crippen molar-refractivity contribution in [1.82, 2.24) is 4.90 Å². The van der Waals surface area contributed by atoms with Crippen LogP contribution in [0.25, 0.3) is 0 Å². The zero-order chi connectivity index (χ0) is 10.3. The highest BCUT2D eigenvalue weighted by molar-refractivity contribution is 5.21. The van der Waals surface area contributed by atoms with E-state index in [4.69, 9.17) is 4.74 Å². The Morgan fingerprint density at radius 3 is 3.13 bits per heavy atom. The molecule has 2 atom stereocenters. The number of nitrogens with zero attached hydrogens (tertiary/aromatic N) is 1. The quantitative estimate of drug-likeness (QED) is 0.706. The van der Waals surface area contributed by atoms with Crippen LogP contribution in [-0.4, -0.2) is 41.3 Å². The molecule has 0 amide bonds. The number of rotatable bonds is 1. The van der Waals surface area contributed by atoms with E-state index in [0.717, 1.165) is 44.7 Å². The molecule has 15 heavy (non-hydrogen) atoms. The van der Waals surface area contributed by atoms with Crippen LogP contribution in [0.1, 0.15) is 32.1 Å². The Kier molecular flexibility index (Phi) is 2.25. The van der Waals surface area contributed by atoms with Gasteiger partial charge in [-0.05, 0) is 31.9 Å². The molecule has 84 valence electrons. The van der Waals surface area contributed by atoms with E-state index in [2.05, 4.69) is 11.0 Å². The summed E-state index contributed by atoms with van der Waals surface area (Å²) in [6.07, 6.45) is 7.55. The monoisotopic (exact) mass is 209 g/mol. The lowest BCUT2D eigenvalue weighted by Gasteiger charge is -2.37. The summed E-state index contributed by atoms with van der Waals surface area (Å²) in [7, 11) is 0. The largest absolute Gasteiger partial charge is 0.495 e. The average molecular weight is 209 g/mol. The van der Waals surface area contributed by atoms with Gasteiger partial charge in [0, 0.05) is 19.0 Å². The minimum Gasteiger partial charge on any atom is -0.495 e. The Balaban J connectivity index is 1.85. The SMILES string of the molecule is OC1(C2=CCCO2)CCN2CCCCC21. The lowest BCUT2D eigenvalue weighted by atomic mass is 9.87. The first kappa shape index (κ1) is 9.67. The predicted octanol–water partition coefficient (Wildman–Crippen LogP) is 1.28. The number of ether oxygens (including phenoxy) is 1. The Morgan fingerprint density at radius 1 is 1.40 bits per heavy atom. The van der Waals surface area contributed by atoms with E-state index in [1.165, 1.54) is 12.8 Å². The second-order valence-corrected chi connectivity index (χ2v) is 4.93. The highest BCUT2D eigenvalue weighted by Crippen LogP contribution is 2.41. The summed E-state index contributed by atoms with van der Waals surface area (Å²) in [4.78, 5) is 2.44. The second kappa shape index (κ2) is 3.49. The number of piperidine rings is 1. The van der Waals surface area contributed by atoms with Crippen LogP contribution in [0.15, 0.2) is 11.8 Å². The summed E-state index contributed by atoms with van der Waals surface area (Å²) < 4.78 is 5.57. The molecule has 0 aliphatic carbocycles. The lowest BCUT2D eigenvalue weighted by molar-refractivity contribution is -0.0197. The summed E-state index contributed by atoms with van der Waals surface area (Å²) in [5.74, 6) is 0.858. The molecule has 0 aromatic heterocycles. The summed E-state index contributed by atoms with van der Waals surface area (Å²) in [5.41, 5.74) is -0.670. The van der Waals surface area contributed by atoms with Crippen molar-refractivity contribution in [3.8, 4) is 0 Å². The molecular weight excluding hydrogens is 190 g/mol. The fourth-order valence-corrected chi connectivity index (χ4v) is 3.29. The molecule has 3 heterocycles. The molecule has 0 spiro atoms. The van der Waals surface area contributed by atoms with E-state index in [0.29, 0.717) is 6.04 Å². The van der Waals surface area contributed by atoms with E-state index in [1.54, 1.807) is 0 Å². The highest BCUT2D eigenvalue weighted by Gasteiger charge is 2.50. The Labute approximate surface area is 90.7 Å². The van der Waals surface area contributed by atoms with Crippen LogP contribution in [0.5, 0.6) is 0 Å². The first-order chi connectivity index (χ1) is 7.31. The van der Waals surface area contributed by atoms with Crippen LogP contribution in [0, 0.1) is 0 Å². The average Bonchev–Trinajstić information content (AvgIpc) is 2.88. The Bertz CT molecular complexity index is 289. The fourth-order valence-electron chi connectivity index (χ4n) is 3.29. The van der Waals surface area contributed by atoms with Crippen LogP contribution in [0.2, 0.25) is 0 Å². The van der Waals surface area contributed by atoms with Crippen molar-refractivity contribution in [1.29, 1.82) is 0 Å². The van der Waals surface area contributed by atoms with E-state index in [-0.39, 0.29) is 0 Å². The Morgan fingerprint density at radius 2 is 2.33 bits per heavy atom. The normalized spacial score (nSPS) is 41.1. The van der Waals surface area contributed by atoms with E-state index < -0.39 is 5.60 Å². The van der Waals surface area contributed by atoms with Crippen molar-refractivity contribution >= 4 is 0 Å². The van der Waals surface area contributed by atoms with Gasteiger partial charge in [-0.1, -0.05) is 6.42 Å². The van der Waals surface area contributed by atoms with E-state index in [1.807, 2.05) is 0 Å². The smallest absolute Gasteiger partial charge is 0.138 e. The number of hydrogen-bond acceptors (Lipinski definition) is 3. The molecule has 3 aliphatic heterocycles. The predicted molar refractivity (Wildman–Crippen MR) is 57.4 cm³/mol. The molecule has 0 aromatic carbocycles. The summed E-state index contributed by atoms with van der Waals surface area (Å²) in [6, 6.07) is 0.315. The molecule has 3 nitrogen and oxygen atoms in total. The summed E-state index contributed by atoms with van der Waals surface area (Å²) in [5, 5.41) is 10.8. The zero-order valence-electron chi connectivity index (χ0n) is 9.11. The molecule has 3 heteroatoms. The van der Waals surface area contributed by atoms with Gasteiger partial charge in [-0.15, -0.1) is 0 Å². The maximum absolute atomic E-state index is 10.8. The third-order valence-electron chi connectivity index (χ3n) is 4.08. The third kappa shape index (κ3) is 1.41. The zero-order valence-corrected chi connectivity index (χ0v) is 9.11. The first-order valence-corrected chi connectivity index (χ1v) is 6.10. The molecule has 0 radical (unpaired) electrons. The van der Waals surface area contributed by atoms with E-state index in [9.17, 15) is 5.11 Å². The molecule has 0 aromatic rings. The standard InChI is InChI=1S/C12H19NO2/c14-12(11-5-3-9-15-11)6-8-13-7-2-1-4-10(12)13/h5,10,14H,1-4,6-9H2. The second-order valence-electron chi connectivity index (χ2n) is 4.93. The topological polar surface area (TPSA) is 32.7 Å². The molecule has 3 rings (SSSR count). The Hall–Kier alpha value is -0.540. The molecule has 1 N–H and O–H groups in total. The number of fused-ring (bicyclic) bond motifs is 1. The van der Waals surface area contributed by atoms with Crippen molar-refractivity contribution in [3.63, 3.8) is 0 Å². The molecule has 2 unspecified atom stereocenters. The lowest BCUT2D eigenvalue weighted by Crippen LogP contribution is -2.48. The van der Waals surface area contributed by atoms with Crippen molar-refractivity contribution in [2.24, 2.45) is 0 Å². The van der Waals surface area contributed by atoms with Crippen molar-refractivity contribution in [3.05, 3.63) is 11.8 Å². The van der Waals surface area contributed by atoms with Gasteiger partial charge >= 0.3 is 0 Å². The number of aliphatic hydroxyl groups is 1. The minimum atomic E-state index is -0.670.